The summed E-state index contributed by atoms with van der Waals surface area (Å²) in [7, 11) is 2.51. The number of esters is 2. The van der Waals surface area contributed by atoms with Crippen LogP contribution in [0, 0.1) is 0 Å². The highest BCUT2D eigenvalue weighted by Gasteiger charge is 2.51. The number of likely N-dealkylation sites (N-methyl/N-ethyl adjacent to an activating group) is 1. The third-order valence-corrected chi connectivity index (χ3v) is 5.04. The topological polar surface area (TPSA) is 91.4 Å². The Bertz CT molecular complexity index is 1120. The molecule has 1 unspecified atom stereocenters. The zero-order valence-corrected chi connectivity index (χ0v) is 18.2. The number of hydrogen-bond donors (Lipinski definition) is 0. The van der Waals surface area contributed by atoms with Crippen molar-refractivity contribution in [1.82, 2.24) is 0 Å². The molecule has 3 rings (SSSR count). The van der Waals surface area contributed by atoms with Crippen LogP contribution in [-0.2, 0) is 30.0 Å². The molecule has 12 heteroatoms. The fourth-order valence-corrected chi connectivity index (χ4v) is 3.17. The maximum atomic E-state index is 12.8. The minimum atomic E-state index is -4.56. The van der Waals surface area contributed by atoms with E-state index in [-0.39, 0.29) is 22.3 Å². The summed E-state index contributed by atoms with van der Waals surface area (Å²) in [4.78, 5) is 37.6. The van der Waals surface area contributed by atoms with Crippen molar-refractivity contribution in [2.75, 3.05) is 25.7 Å². The van der Waals surface area contributed by atoms with Crippen molar-refractivity contribution in [2.24, 2.45) is 0 Å². The van der Waals surface area contributed by atoms with Crippen molar-refractivity contribution in [3.8, 4) is 17.2 Å². The Morgan fingerprint density at radius 3 is 2.48 bits per heavy atom. The van der Waals surface area contributed by atoms with Gasteiger partial charge >= 0.3 is 18.1 Å². The fourth-order valence-electron chi connectivity index (χ4n) is 2.95. The molecule has 1 amide bonds. The van der Waals surface area contributed by atoms with Gasteiger partial charge in [-0.3, -0.25) is 4.79 Å². The number of alkyl halides is 3. The van der Waals surface area contributed by atoms with Crippen LogP contribution in [0.1, 0.15) is 12.5 Å². The molecule has 1 aliphatic rings. The Morgan fingerprint density at radius 1 is 1.18 bits per heavy atom. The molecule has 2 aromatic carbocycles. The van der Waals surface area contributed by atoms with Gasteiger partial charge in [-0.05, 0) is 37.3 Å². The zero-order chi connectivity index (χ0) is 24.6. The molecule has 8 nitrogen and oxygen atoms in total. The number of ether oxygens (including phenoxy) is 4. The Labute approximate surface area is 190 Å². The van der Waals surface area contributed by atoms with Gasteiger partial charge in [-0.2, -0.15) is 13.2 Å². The lowest BCUT2D eigenvalue weighted by Gasteiger charge is -2.37. The van der Waals surface area contributed by atoms with Crippen molar-refractivity contribution in [1.29, 1.82) is 0 Å². The van der Waals surface area contributed by atoms with E-state index in [4.69, 9.17) is 25.8 Å². The second kappa shape index (κ2) is 8.81. The molecule has 1 atom stereocenters. The van der Waals surface area contributed by atoms with Gasteiger partial charge in [0.2, 0.25) is 0 Å². The van der Waals surface area contributed by atoms with Gasteiger partial charge in [0, 0.05) is 13.1 Å². The number of anilines is 1. The van der Waals surface area contributed by atoms with E-state index < -0.39 is 41.8 Å². The number of rotatable bonds is 5. The summed E-state index contributed by atoms with van der Waals surface area (Å²) in [6.45, 7) is 0.461. The number of halogens is 4. The van der Waals surface area contributed by atoms with Crippen molar-refractivity contribution >= 4 is 35.1 Å². The third-order valence-electron chi connectivity index (χ3n) is 4.74. The van der Waals surface area contributed by atoms with Crippen LogP contribution in [0.25, 0.3) is 0 Å². The van der Waals surface area contributed by atoms with E-state index in [1.54, 1.807) is 0 Å². The first-order chi connectivity index (χ1) is 15.4. The summed E-state index contributed by atoms with van der Waals surface area (Å²) >= 11 is 5.92. The van der Waals surface area contributed by atoms with Gasteiger partial charge in [-0.1, -0.05) is 11.6 Å². The van der Waals surface area contributed by atoms with Crippen molar-refractivity contribution in [3.63, 3.8) is 0 Å². The van der Waals surface area contributed by atoms with Crippen LogP contribution < -0.4 is 14.4 Å². The van der Waals surface area contributed by atoms with Crippen LogP contribution >= 0.6 is 11.6 Å². The van der Waals surface area contributed by atoms with Crippen molar-refractivity contribution in [3.05, 3.63) is 47.0 Å². The van der Waals surface area contributed by atoms with Gasteiger partial charge in [-0.25, -0.2) is 9.59 Å². The molecule has 0 saturated carbocycles. The van der Waals surface area contributed by atoms with Crippen molar-refractivity contribution in [2.45, 2.75) is 18.7 Å². The normalized spacial score (nSPS) is 17.7. The lowest BCUT2D eigenvalue weighted by Crippen LogP contribution is -2.58. The first kappa shape index (κ1) is 24.2. The Balaban J connectivity index is 1.87. The summed E-state index contributed by atoms with van der Waals surface area (Å²) in [6.07, 6.45) is -4.56. The predicted octanol–water partition coefficient (Wildman–Crippen LogP) is 3.98. The smallest absolute Gasteiger partial charge is 0.416 e. The van der Waals surface area contributed by atoms with Crippen LogP contribution in [0.4, 0.5) is 18.9 Å². The minimum Gasteiger partial charge on any atom is -0.466 e. The first-order valence-electron chi connectivity index (χ1n) is 9.26. The second-order valence-electron chi connectivity index (χ2n) is 7.03. The average Bonchev–Trinajstić information content (AvgIpc) is 2.76. The third kappa shape index (κ3) is 4.82. The SMILES string of the molecule is COC(=O)COC(=O)C1(C)Oc2cc(Oc3ccc(C(F)(F)F)cc3Cl)ccc2N(C)C1=O. The highest BCUT2D eigenvalue weighted by molar-refractivity contribution is 6.32. The molecule has 0 N–H and O–H groups in total. The minimum absolute atomic E-state index is 0.0508. The molecule has 0 bridgehead atoms. The molecule has 1 heterocycles. The number of carbonyl (C=O) groups is 3. The Kier molecular flexibility index (Phi) is 6.46. The van der Waals surface area contributed by atoms with Crippen LogP contribution in [0.2, 0.25) is 5.02 Å². The predicted molar refractivity (Wildman–Crippen MR) is 108 cm³/mol. The van der Waals surface area contributed by atoms with Gasteiger partial charge in [-0.15, -0.1) is 0 Å². The van der Waals surface area contributed by atoms with Crippen LogP contribution in [0.15, 0.2) is 36.4 Å². The number of hydrogen-bond acceptors (Lipinski definition) is 7. The molecule has 0 aliphatic carbocycles. The van der Waals surface area contributed by atoms with Gasteiger partial charge in [0.1, 0.15) is 17.2 Å². The Hall–Kier alpha value is -3.47. The van der Waals surface area contributed by atoms with Crippen LogP contribution in [0.5, 0.6) is 17.2 Å². The van der Waals surface area contributed by atoms with Crippen LogP contribution in [0.3, 0.4) is 0 Å². The monoisotopic (exact) mass is 487 g/mol. The molecule has 176 valence electrons. The number of nitrogens with zero attached hydrogens (tertiary/aromatic N) is 1. The maximum absolute atomic E-state index is 12.8. The summed E-state index contributed by atoms with van der Waals surface area (Å²) in [5.74, 6) is -2.58. The second-order valence-corrected chi connectivity index (χ2v) is 7.43. The average molecular weight is 488 g/mol. The lowest BCUT2D eigenvalue weighted by molar-refractivity contribution is -0.171. The molecule has 0 fully saturated rings. The molecule has 0 radical (unpaired) electrons. The summed E-state index contributed by atoms with van der Waals surface area (Å²) in [6, 6.07) is 6.84. The summed E-state index contributed by atoms with van der Waals surface area (Å²) in [5, 5.41) is -0.271. The molecule has 0 saturated heterocycles. The number of benzene rings is 2. The van der Waals surface area contributed by atoms with E-state index in [2.05, 4.69) is 4.74 Å². The number of fused-ring (bicyclic) bond motifs is 1. The highest BCUT2D eigenvalue weighted by atomic mass is 35.5. The van der Waals surface area contributed by atoms with E-state index in [0.29, 0.717) is 5.69 Å². The van der Waals surface area contributed by atoms with E-state index in [1.165, 1.54) is 32.2 Å². The molecular weight excluding hydrogens is 471 g/mol. The number of carbonyl (C=O) groups excluding carboxylic acids is 3. The quantitative estimate of drug-likeness (QED) is 0.465. The molecule has 1 aliphatic heterocycles. The lowest BCUT2D eigenvalue weighted by atomic mass is 10.0. The van der Waals surface area contributed by atoms with E-state index in [1.807, 2.05) is 0 Å². The number of amides is 1. The first-order valence-corrected chi connectivity index (χ1v) is 9.64. The largest absolute Gasteiger partial charge is 0.466 e. The Morgan fingerprint density at radius 2 is 1.88 bits per heavy atom. The fraction of sp³-hybridized carbons (Fsp3) is 0.286. The van der Waals surface area contributed by atoms with Crippen LogP contribution in [-0.4, -0.2) is 44.2 Å². The standard InChI is InChI=1S/C21H17ClF3NO7/c1-20(19(29)31-10-17(27)30-3)18(28)26(2)14-6-5-12(9-16(14)33-20)32-15-7-4-11(8-13(15)22)21(23,24)25/h4-9H,10H2,1-3H3. The van der Waals surface area contributed by atoms with Gasteiger partial charge in [0.05, 0.1) is 23.4 Å². The summed E-state index contributed by atoms with van der Waals surface area (Å²) < 4.78 is 58.9. The van der Waals surface area contributed by atoms with E-state index in [0.717, 1.165) is 30.2 Å². The zero-order valence-electron chi connectivity index (χ0n) is 17.5. The van der Waals surface area contributed by atoms with E-state index in [9.17, 15) is 27.6 Å². The van der Waals surface area contributed by atoms with E-state index >= 15 is 0 Å². The highest BCUT2D eigenvalue weighted by Crippen LogP contribution is 2.42. The molecule has 33 heavy (non-hydrogen) atoms. The molecule has 0 aromatic heterocycles. The van der Waals surface area contributed by atoms with Gasteiger partial charge in [0.15, 0.2) is 6.61 Å². The molecular formula is C21H17ClF3NO7. The van der Waals surface area contributed by atoms with Crippen molar-refractivity contribution < 1.29 is 46.5 Å². The van der Waals surface area contributed by atoms with Gasteiger partial charge < -0.3 is 23.8 Å². The molecule has 0 spiro atoms. The molecule has 2 aromatic rings. The summed E-state index contributed by atoms with van der Waals surface area (Å²) in [5.41, 5.74) is -2.75. The van der Waals surface area contributed by atoms with Gasteiger partial charge in [0.25, 0.3) is 11.5 Å². The maximum Gasteiger partial charge on any atom is 0.416 e. The number of methoxy groups -OCH3 is 1.